The average molecular weight is 303 g/mol. The van der Waals surface area contributed by atoms with Crippen LogP contribution in [0.1, 0.15) is 44.1 Å². The van der Waals surface area contributed by atoms with Gasteiger partial charge in [-0.25, -0.2) is 0 Å². The maximum atomic E-state index is 8.90. The topological polar surface area (TPSA) is 39.9 Å². The largest absolute Gasteiger partial charge is 0.297 e. The van der Waals surface area contributed by atoms with Crippen molar-refractivity contribution in [1.82, 2.24) is 9.88 Å². The van der Waals surface area contributed by atoms with Crippen molar-refractivity contribution in [3.8, 4) is 6.07 Å². The van der Waals surface area contributed by atoms with Crippen molar-refractivity contribution < 1.29 is 0 Å². The molecule has 0 atom stereocenters. The van der Waals surface area contributed by atoms with Gasteiger partial charge in [-0.15, -0.1) is 0 Å². The summed E-state index contributed by atoms with van der Waals surface area (Å²) in [5.74, 6) is 0.948. The average Bonchev–Trinajstić information content (AvgIpc) is 2.54. The highest BCUT2D eigenvalue weighted by Gasteiger charge is 2.32. The Bertz CT molecular complexity index is 449. The van der Waals surface area contributed by atoms with Gasteiger partial charge in [-0.05, 0) is 35.6 Å². The normalized spacial score (nSPS) is 17.6. The first-order chi connectivity index (χ1) is 10.3. The van der Waals surface area contributed by atoms with Crippen LogP contribution in [0.3, 0.4) is 0 Å². The van der Waals surface area contributed by atoms with E-state index < -0.39 is 0 Å². The third-order valence-corrected chi connectivity index (χ3v) is 5.15. The van der Waals surface area contributed by atoms with Crippen LogP contribution in [0.2, 0.25) is 0 Å². The van der Waals surface area contributed by atoms with E-state index in [0.29, 0.717) is 11.8 Å². The van der Waals surface area contributed by atoms with Crippen LogP contribution in [0.5, 0.6) is 0 Å². The summed E-state index contributed by atoms with van der Waals surface area (Å²) in [7, 11) is 0. The Morgan fingerprint density at radius 3 is 2.76 bits per heavy atom. The summed E-state index contributed by atoms with van der Waals surface area (Å²) in [6.07, 6.45) is 10.9. The molecule has 1 saturated carbocycles. The summed E-state index contributed by atoms with van der Waals surface area (Å²) in [6, 6.07) is 6.37. The Hall–Kier alpha value is -1.05. The molecule has 0 aromatic carbocycles. The molecule has 0 aliphatic heterocycles. The third kappa shape index (κ3) is 5.01. The molecular weight excluding hydrogens is 278 g/mol. The number of nitriles is 1. The van der Waals surface area contributed by atoms with Gasteiger partial charge in [0.2, 0.25) is 0 Å². The van der Waals surface area contributed by atoms with E-state index in [1.807, 2.05) is 12.3 Å². The molecule has 1 heterocycles. The Morgan fingerprint density at radius 1 is 1.33 bits per heavy atom. The van der Waals surface area contributed by atoms with Gasteiger partial charge in [0.15, 0.2) is 0 Å². The van der Waals surface area contributed by atoms with Gasteiger partial charge in [0.25, 0.3) is 0 Å². The van der Waals surface area contributed by atoms with Crippen LogP contribution in [0.25, 0.3) is 0 Å². The number of pyridine rings is 1. The van der Waals surface area contributed by atoms with Crippen LogP contribution < -0.4 is 0 Å². The highest BCUT2D eigenvalue weighted by atomic mass is 32.1. The molecular formula is C17H25N3S. The van der Waals surface area contributed by atoms with Crippen molar-refractivity contribution >= 4 is 12.6 Å². The van der Waals surface area contributed by atoms with E-state index in [4.69, 9.17) is 5.26 Å². The lowest BCUT2D eigenvalue weighted by Crippen LogP contribution is -2.40. The minimum atomic E-state index is 0.332. The third-order valence-electron chi connectivity index (χ3n) is 4.48. The van der Waals surface area contributed by atoms with Crippen molar-refractivity contribution in [2.45, 2.75) is 45.1 Å². The number of rotatable bonds is 7. The zero-order valence-corrected chi connectivity index (χ0v) is 13.6. The summed E-state index contributed by atoms with van der Waals surface area (Å²) in [5, 5.41) is 8.90. The molecule has 2 rings (SSSR count). The summed E-state index contributed by atoms with van der Waals surface area (Å²) >= 11 is 4.64. The zero-order chi connectivity index (χ0) is 15.0. The highest BCUT2D eigenvalue weighted by molar-refractivity contribution is 7.80. The van der Waals surface area contributed by atoms with Gasteiger partial charge in [-0.1, -0.05) is 25.3 Å². The molecule has 114 valence electrons. The first-order valence-electron chi connectivity index (χ1n) is 7.87. The molecule has 1 aliphatic rings. The maximum absolute atomic E-state index is 8.90. The second-order valence-corrected chi connectivity index (χ2v) is 6.52. The molecule has 0 N–H and O–H groups in total. The van der Waals surface area contributed by atoms with E-state index in [2.05, 4.69) is 34.6 Å². The number of hydrogen-bond acceptors (Lipinski definition) is 4. The number of hydrogen-bond donors (Lipinski definition) is 1. The van der Waals surface area contributed by atoms with Crippen LogP contribution in [0.15, 0.2) is 24.5 Å². The molecule has 0 saturated heterocycles. The van der Waals surface area contributed by atoms with Crippen LogP contribution in [-0.2, 0) is 6.54 Å². The van der Waals surface area contributed by atoms with E-state index in [1.165, 1.54) is 37.7 Å². The van der Waals surface area contributed by atoms with Crippen molar-refractivity contribution in [2.24, 2.45) is 5.41 Å². The predicted molar refractivity (Wildman–Crippen MR) is 89.1 cm³/mol. The zero-order valence-electron chi connectivity index (χ0n) is 12.7. The van der Waals surface area contributed by atoms with Crippen molar-refractivity contribution in [3.05, 3.63) is 30.1 Å². The molecule has 21 heavy (non-hydrogen) atoms. The summed E-state index contributed by atoms with van der Waals surface area (Å²) in [6.45, 7) is 2.76. The van der Waals surface area contributed by atoms with Gasteiger partial charge < -0.3 is 0 Å². The van der Waals surface area contributed by atoms with E-state index in [9.17, 15) is 0 Å². The Balaban J connectivity index is 2.02. The lowest BCUT2D eigenvalue weighted by molar-refractivity contribution is 0.122. The van der Waals surface area contributed by atoms with Gasteiger partial charge in [0.05, 0.1) is 6.07 Å². The van der Waals surface area contributed by atoms with E-state index in [1.54, 1.807) is 6.20 Å². The Morgan fingerprint density at radius 2 is 2.14 bits per heavy atom. The van der Waals surface area contributed by atoms with Gasteiger partial charge in [0, 0.05) is 38.4 Å². The number of nitrogens with zero attached hydrogens (tertiary/aromatic N) is 3. The van der Waals surface area contributed by atoms with Crippen LogP contribution >= 0.6 is 12.6 Å². The van der Waals surface area contributed by atoms with Gasteiger partial charge in [-0.3, -0.25) is 9.88 Å². The highest BCUT2D eigenvalue weighted by Crippen LogP contribution is 2.38. The Labute approximate surface area is 133 Å². The SMILES string of the molecule is N#CCCN(Cc1cccnc1)CC1(CS)CCCCC1. The van der Waals surface area contributed by atoms with Gasteiger partial charge in [0.1, 0.15) is 0 Å². The molecule has 0 unspecified atom stereocenters. The van der Waals surface area contributed by atoms with E-state index in [-0.39, 0.29) is 0 Å². The minimum absolute atomic E-state index is 0.332. The molecule has 4 heteroatoms. The molecule has 1 aromatic heterocycles. The van der Waals surface area contributed by atoms with E-state index in [0.717, 1.165) is 25.4 Å². The fourth-order valence-electron chi connectivity index (χ4n) is 3.31. The minimum Gasteiger partial charge on any atom is -0.297 e. The van der Waals surface area contributed by atoms with Crippen molar-refractivity contribution in [2.75, 3.05) is 18.8 Å². The summed E-state index contributed by atoms with van der Waals surface area (Å²) in [4.78, 5) is 6.61. The summed E-state index contributed by atoms with van der Waals surface area (Å²) < 4.78 is 0. The monoisotopic (exact) mass is 303 g/mol. The van der Waals surface area contributed by atoms with Crippen LogP contribution in [0.4, 0.5) is 0 Å². The maximum Gasteiger partial charge on any atom is 0.0635 e. The first kappa shape index (κ1) is 16.3. The molecule has 0 spiro atoms. The smallest absolute Gasteiger partial charge is 0.0635 e. The number of aromatic nitrogens is 1. The van der Waals surface area contributed by atoms with Crippen LogP contribution in [-0.4, -0.2) is 28.7 Å². The molecule has 1 aromatic rings. The molecule has 0 radical (unpaired) electrons. The Kier molecular flexibility index (Phi) is 6.53. The molecule has 1 fully saturated rings. The van der Waals surface area contributed by atoms with Crippen molar-refractivity contribution in [1.29, 1.82) is 5.26 Å². The lowest BCUT2D eigenvalue weighted by Gasteiger charge is -2.40. The molecule has 0 bridgehead atoms. The standard InChI is InChI=1S/C17H25N3S/c18-9-5-11-20(13-16-6-4-10-19-12-16)14-17(15-21)7-2-1-3-8-17/h4,6,10,12,21H,1-3,5,7-8,11,13-15H2. The first-order valence-corrected chi connectivity index (χ1v) is 8.50. The summed E-state index contributed by atoms with van der Waals surface area (Å²) in [5.41, 5.74) is 1.56. The molecule has 0 amide bonds. The van der Waals surface area contributed by atoms with Gasteiger partial charge in [-0.2, -0.15) is 17.9 Å². The number of thiol groups is 1. The second kappa shape index (κ2) is 8.41. The predicted octanol–water partition coefficient (Wildman–Crippen LogP) is 3.68. The lowest BCUT2D eigenvalue weighted by atomic mass is 9.75. The van der Waals surface area contributed by atoms with Crippen LogP contribution in [0, 0.1) is 16.7 Å². The molecule has 3 nitrogen and oxygen atoms in total. The van der Waals surface area contributed by atoms with Crippen molar-refractivity contribution in [3.63, 3.8) is 0 Å². The second-order valence-electron chi connectivity index (χ2n) is 6.20. The fraction of sp³-hybridized carbons (Fsp3) is 0.647. The van der Waals surface area contributed by atoms with Gasteiger partial charge >= 0.3 is 0 Å². The quantitative estimate of drug-likeness (QED) is 0.781. The fourth-order valence-corrected chi connectivity index (χ4v) is 3.73. The van der Waals surface area contributed by atoms with E-state index >= 15 is 0 Å². The molecule has 1 aliphatic carbocycles.